The predicted octanol–water partition coefficient (Wildman–Crippen LogP) is 1.98. The normalized spacial score (nSPS) is 12.8. The molecule has 0 saturated heterocycles. The summed E-state index contributed by atoms with van der Waals surface area (Å²) in [6.45, 7) is 7.43. The van der Waals surface area contributed by atoms with Crippen LogP contribution >= 0.6 is 0 Å². The summed E-state index contributed by atoms with van der Waals surface area (Å²) in [5.41, 5.74) is 0.767. The summed E-state index contributed by atoms with van der Waals surface area (Å²) in [4.78, 5) is 8.82. The number of nitrogens with one attached hydrogen (secondary N) is 2. The van der Waals surface area contributed by atoms with Gasteiger partial charge in [0.25, 0.3) is 0 Å². The molecule has 0 saturated carbocycles. The van der Waals surface area contributed by atoms with Crippen molar-refractivity contribution in [3.63, 3.8) is 0 Å². The molecule has 0 radical (unpaired) electrons. The highest BCUT2D eigenvalue weighted by molar-refractivity contribution is 5.65. The van der Waals surface area contributed by atoms with E-state index in [0.29, 0.717) is 12.4 Å². The van der Waals surface area contributed by atoms with E-state index >= 15 is 0 Å². The molecule has 0 aliphatic carbocycles. The van der Waals surface area contributed by atoms with Crippen molar-refractivity contribution < 1.29 is 5.11 Å². The monoisotopic (exact) mass is 277 g/mol. The van der Waals surface area contributed by atoms with Crippen LogP contribution in [0.4, 0.5) is 11.6 Å². The molecule has 6 nitrogen and oxygen atoms in total. The maximum Gasteiger partial charge on any atom is 0.180 e. The Morgan fingerprint density at radius 1 is 1.35 bits per heavy atom. The maximum atomic E-state index is 9.89. The van der Waals surface area contributed by atoms with E-state index in [1.807, 2.05) is 30.6 Å². The van der Waals surface area contributed by atoms with Crippen LogP contribution in [0.5, 0.6) is 0 Å². The zero-order valence-corrected chi connectivity index (χ0v) is 12.3. The predicted molar refractivity (Wildman–Crippen MR) is 81.1 cm³/mol. The smallest absolute Gasteiger partial charge is 0.180 e. The van der Waals surface area contributed by atoms with E-state index in [4.69, 9.17) is 0 Å². The van der Waals surface area contributed by atoms with E-state index in [-0.39, 0.29) is 5.92 Å². The van der Waals surface area contributed by atoms with Crippen molar-refractivity contribution in [2.24, 2.45) is 5.92 Å². The van der Waals surface area contributed by atoms with Gasteiger partial charge in [0, 0.05) is 25.5 Å². The van der Waals surface area contributed by atoms with Gasteiger partial charge in [0.1, 0.15) is 5.82 Å². The Bertz CT molecular complexity index is 551. The van der Waals surface area contributed by atoms with Crippen molar-refractivity contribution in [1.82, 2.24) is 14.4 Å². The number of hydrogen-bond donors (Lipinski definition) is 3. The summed E-state index contributed by atoms with van der Waals surface area (Å²) in [5.74, 6) is 1.70. The third-order valence-electron chi connectivity index (χ3n) is 3.18. The first-order valence-corrected chi connectivity index (χ1v) is 7.11. The molecule has 0 aliphatic heterocycles. The number of aliphatic hydroxyl groups excluding tert-OH is 1. The number of nitrogens with zero attached hydrogens (tertiary/aromatic N) is 3. The first-order valence-electron chi connectivity index (χ1n) is 7.11. The molecule has 0 fully saturated rings. The molecule has 0 amide bonds. The van der Waals surface area contributed by atoms with E-state index in [0.717, 1.165) is 24.4 Å². The Hall–Kier alpha value is -1.82. The van der Waals surface area contributed by atoms with E-state index in [1.54, 1.807) is 6.20 Å². The van der Waals surface area contributed by atoms with Crippen LogP contribution in [0.3, 0.4) is 0 Å². The molecule has 3 N–H and O–H groups in total. The first-order chi connectivity index (χ1) is 9.61. The SMILES string of the molecule is CCCNc1cn2ccnc2c(NCC(O)C(C)C)n1. The summed E-state index contributed by atoms with van der Waals surface area (Å²) < 4.78 is 1.93. The number of anilines is 2. The molecule has 2 heterocycles. The van der Waals surface area contributed by atoms with Gasteiger partial charge in [0.05, 0.1) is 12.3 Å². The molecule has 1 atom stereocenters. The van der Waals surface area contributed by atoms with Crippen LogP contribution in [-0.4, -0.2) is 38.7 Å². The molecule has 2 aromatic rings. The van der Waals surface area contributed by atoms with Crippen molar-refractivity contribution in [3.8, 4) is 0 Å². The molecule has 0 aromatic carbocycles. The minimum absolute atomic E-state index is 0.208. The molecule has 0 spiro atoms. The first kappa shape index (κ1) is 14.6. The minimum Gasteiger partial charge on any atom is -0.391 e. The van der Waals surface area contributed by atoms with Crippen molar-refractivity contribution in [3.05, 3.63) is 18.6 Å². The van der Waals surface area contributed by atoms with Crippen LogP contribution in [0.1, 0.15) is 27.2 Å². The lowest BCUT2D eigenvalue weighted by Gasteiger charge is -2.16. The topological polar surface area (TPSA) is 74.5 Å². The number of aromatic nitrogens is 3. The Balaban J connectivity index is 2.19. The van der Waals surface area contributed by atoms with Gasteiger partial charge in [0.15, 0.2) is 11.5 Å². The molecule has 0 aliphatic rings. The molecule has 6 heteroatoms. The highest BCUT2D eigenvalue weighted by Gasteiger charge is 2.12. The number of imidazole rings is 1. The van der Waals surface area contributed by atoms with Gasteiger partial charge in [0.2, 0.25) is 0 Å². The summed E-state index contributed by atoms with van der Waals surface area (Å²) in [5, 5.41) is 16.3. The van der Waals surface area contributed by atoms with Crippen LogP contribution in [-0.2, 0) is 0 Å². The van der Waals surface area contributed by atoms with Gasteiger partial charge in [-0.05, 0) is 12.3 Å². The fraction of sp³-hybridized carbons (Fsp3) is 0.571. The third-order valence-corrected chi connectivity index (χ3v) is 3.18. The van der Waals surface area contributed by atoms with Gasteiger partial charge in [-0.1, -0.05) is 20.8 Å². The summed E-state index contributed by atoms with van der Waals surface area (Å²) in [6.07, 6.45) is 6.18. The highest BCUT2D eigenvalue weighted by atomic mass is 16.3. The molecule has 1 unspecified atom stereocenters. The van der Waals surface area contributed by atoms with Crippen molar-refractivity contribution >= 4 is 17.3 Å². The molecule has 0 bridgehead atoms. The second-order valence-electron chi connectivity index (χ2n) is 5.25. The number of fused-ring (bicyclic) bond motifs is 1. The molecule has 110 valence electrons. The van der Waals surface area contributed by atoms with Crippen LogP contribution < -0.4 is 10.6 Å². The molecular weight excluding hydrogens is 254 g/mol. The average molecular weight is 277 g/mol. The van der Waals surface area contributed by atoms with Crippen LogP contribution in [0.2, 0.25) is 0 Å². The molecule has 2 rings (SSSR count). The lowest BCUT2D eigenvalue weighted by molar-refractivity contribution is 0.138. The van der Waals surface area contributed by atoms with Gasteiger partial charge >= 0.3 is 0 Å². The van der Waals surface area contributed by atoms with Crippen molar-refractivity contribution in [2.75, 3.05) is 23.7 Å². The second kappa shape index (κ2) is 6.56. The highest BCUT2D eigenvalue weighted by Crippen LogP contribution is 2.16. The fourth-order valence-electron chi connectivity index (χ4n) is 1.83. The molecule has 20 heavy (non-hydrogen) atoms. The third kappa shape index (κ3) is 3.39. The molecule has 2 aromatic heterocycles. The summed E-state index contributed by atoms with van der Waals surface area (Å²) in [7, 11) is 0. The van der Waals surface area contributed by atoms with E-state index < -0.39 is 6.10 Å². The average Bonchev–Trinajstić information content (AvgIpc) is 2.90. The largest absolute Gasteiger partial charge is 0.391 e. The number of aliphatic hydroxyl groups is 1. The summed E-state index contributed by atoms with van der Waals surface area (Å²) in [6, 6.07) is 0. The number of hydrogen-bond acceptors (Lipinski definition) is 5. The lowest BCUT2D eigenvalue weighted by Crippen LogP contribution is -2.25. The van der Waals surface area contributed by atoms with Gasteiger partial charge in [-0.3, -0.25) is 0 Å². The van der Waals surface area contributed by atoms with E-state index in [1.165, 1.54) is 0 Å². The Morgan fingerprint density at radius 2 is 2.15 bits per heavy atom. The lowest BCUT2D eigenvalue weighted by atomic mass is 10.1. The van der Waals surface area contributed by atoms with Gasteiger partial charge in [-0.15, -0.1) is 0 Å². The zero-order chi connectivity index (χ0) is 14.5. The van der Waals surface area contributed by atoms with Crippen molar-refractivity contribution in [2.45, 2.75) is 33.3 Å². The van der Waals surface area contributed by atoms with Gasteiger partial charge in [-0.2, -0.15) is 0 Å². The summed E-state index contributed by atoms with van der Waals surface area (Å²) >= 11 is 0. The molecular formula is C14H23N5O. The van der Waals surface area contributed by atoms with E-state index in [9.17, 15) is 5.11 Å². The van der Waals surface area contributed by atoms with Crippen molar-refractivity contribution in [1.29, 1.82) is 0 Å². The quantitative estimate of drug-likeness (QED) is 0.721. The Morgan fingerprint density at radius 3 is 2.85 bits per heavy atom. The number of rotatable bonds is 7. The second-order valence-corrected chi connectivity index (χ2v) is 5.25. The van der Waals surface area contributed by atoms with Gasteiger partial charge < -0.3 is 20.1 Å². The van der Waals surface area contributed by atoms with Crippen LogP contribution in [0, 0.1) is 5.92 Å². The Kier molecular flexibility index (Phi) is 4.79. The zero-order valence-electron chi connectivity index (χ0n) is 12.3. The Labute approximate surface area is 119 Å². The maximum absolute atomic E-state index is 9.89. The van der Waals surface area contributed by atoms with Crippen LogP contribution in [0.15, 0.2) is 18.6 Å². The fourth-order valence-corrected chi connectivity index (χ4v) is 1.83. The van der Waals surface area contributed by atoms with Gasteiger partial charge in [-0.25, -0.2) is 9.97 Å². The van der Waals surface area contributed by atoms with E-state index in [2.05, 4.69) is 27.5 Å². The minimum atomic E-state index is -0.404. The van der Waals surface area contributed by atoms with Crippen LogP contribution in [0.25, 0.3) is 5.65 Å². The standard InChI is InChI=1S/C14H23N5O/c1-4-5-15-12-9-19-7-6-16-14(19)13(18-12)17-8-11(20)10(2)3/h6-7,9-11,15,20H,4-5,8H2,1-3H3,(H,17,18).